The topological polar surface area (TPSA) is 57.0 Å². The van der Waals surface area contributed by atoms with Gasteiger partial charge in [0.25, 0.3) is 0 Å². The van der Waals surface area contributed by atoms with Gasteiger partial charge in [0, 0.05) is 44.5 Å². The van der Waals surface area contributed by atoms with Crippen molar-refractivity contribution in [2.75, 3.05) is 26.2 Å². The normalized spacial score (nSPS) is 17.5. The van der Waals surface area contributed by atoms with E-state index in [1.807, 2.05) is 24.4 Å². The molecule has 2 aromatic heterocycles. The second-order valence-electron chi connectivity index (χ2n) is 7.85. The maximum atomic E-state index is 4.89. The quantitative estimate of drug-likeness (QED) is 0.447. The van der Waals surface area contributed by atoms with Crippen molar-refractivity contribution in [3.8, 4) is 0 Å². The van der Waals surface area contributed by atoms with Gasteiger partial charge >= 0.3 is 0 Å². The molecule has 1 aromatic carbocycles. The Labute approximate surface area is 179 Å². The van der Waals surface area contributed by atoms with Gasteiger partial charge in [-0.25, -0.2) is 4.98 Å². The summed E-state index contributed by atoms with van der Waals surface area (Å²) in [6, 6.07) is 17.3. The highest BCUT2D eigenvalue weighted by molar-refractivity contribution is 5.79. The Kier molecular flexibility index (Phi) is 6.98. The lowest BCUT2D eigenvalue weighted by atomic mass is 10.2. The van der Waals surface area contributed by atoms with Crippen molar-refractivity contribution in [3.63, 3.8) is 0 Å². The van der Waals surface area contributed by atoms with Crippen LogP contribution in [0.2, 0.25) is 0 Å². The third kappa shape index (κ3) is 5.39. The van der Waals surface area contributed by atoms with Gasteiger partial charge in [-0.05, 0) is 44.0 Å². The van der Waals surface area contributed by atoms with Crippen LogP contribution in [0, 0.1) is 0 Å². The summed E-state index contributed by atoms with van der Waals surface area (Å²) >= 11 is 0. The fraction of sp³-hybridized carbons (Fsp3) is 0.417. The Hall–Kier alpha value is -2.86. The number of pyridine rings is 1. The molecule has 6 heteroatoms. The highest BCUT2D eigenvalue weighted by Crippen LogP contribution is 2.20. The Bertz CT molecular complexity index is 915. The molecule has 30 heavy (non-hydrogen) atoms. The number of hydrogen-bond acceptors (Lipinski definition) is 3. The largest absolute Gasteiger partial charge is 0.357 e. The van der Waals surface area contributed by atoms with Gasteiger partial charge in [0.05, 0.1) is 12.2 Å². The summed E-state index contributed by atoms with van der Waals surface area (Å²) in [7, 11) is 0. The van der Waals surface area contributed by atoms with E-state index in [0.29, 0.717) is 6.04 Å². The van der Waals surface area contributed by atoms with E-state index in [4.69, 9.17) is 4.99 Å². The van der Waals surface area contributed by atoms with Gasteiger partial charge in [-0.2, -0.15) is 0 Å². The van der Waals surface area contributed by atoms with Crippen LogP contribution in [0.5, 0.6) is 0 Å². The first-order valence-electron chi connectivity index (χ1n) is 11.0. The van der Waals surface area contributed by atoms with Crippen molar-refractivity contribution in [3.05, 3.63) is 72.2 Å². The fourth-order valence-corrected chi connectivity index (χ4v) is 4.08. The third-order valence-electron chi connectivity index (χ3n) is 5.62. The van der Waals surface area contributed by atoms with E-state index < -0.39 is 0 Å². The standard InChI is InChI=1S/C24H32N6/c1-2-25-24(26-14-13-21-19-30-15-7-6-12-23(30)28-21)27-17-22-11-8-16-29(22)18-20-9-4-3-5-10-20/h3-7,9-10,12,15,19,22H,2,8,11,13-14,16-18H2,1H3,(H2,25,26,27). The lowest BCUT2D eigenvalue weighted by Crippen LogP contribution is -2.40. The molecule has 0 radical (unpaired) electrons. The van der Waals surface area contributed by atoms with Crippen molar-refractivity contribution in [1.29, 1.82) is 0 Å². The molecular formula is C24H32N6. The van der Waals surface area contributed by atoms with E-state index in [1.54, 1.807) is 0 Å². The van der Waals surface area contributed by atoms with Crippen molar-refractivity contribution in [2.24, 2.45) is 4.99 Å². The first-order chi connectivity index (χ1) is 14.8. The van der Waals surface area contributed by atoms with Gasteiger partial charge < -0.3 is 15.0 Å². The zero-order valence-electron chi connectivity index (χ0n) is 17.8. The highest BCUT2D eigenvalue weighted by atomic mass is 15.2. The minimum Gasteiger partial charge on any atom is -0.357 e. The summed E-state index contributed by atoms with van der Waals surface area (Å²) in [5, 5.41) is 6.85. The van der Waals surface area contributed by atoms with E-state index in [2.05, 4.69) is 68.4 Å². The van der Waals surface area contributed by atoms with Gasteiger partial charge in [0.15, 0.2) is 5.96 Å². The van der Waals surface area contributed by atoms with Gasteiger partial charge in [-0.15, -0.1) is 0 Å². The number of nitrogens with zero attached hydrogens (tertiary/aromatic N) is 4. The number of rotatable bonds is 8. The van der Waals surface area contributed by atoms with E-state index in [0.717, 1.165) is 56.4 Å². The number of hydrogen-bond donors (Lipinski definition) is 2. The molecule has 1 aliphatic heterocycles. The predicted molar refractivity (Wildman–Crippen MR) is 123 cm³/mol. The Morgan fingerprint density at radius 3 is 2.83 bits per heavy atom. The first kappa shape index (κ1) is 20.4. The average Bonchev–Trinajstić information content (AvgIpc) is 3.39. The first-order valence-corrected chi connectivity index (χ1v) is 11.0. The number of likely N-dealkylation sites (tertiary alicyclic amines) is 1. The number of guanidine groups is 1. The second kappa shape index (κ2) is 10.3. The SMILES string of the molecule is CCNC(=NCC1CCCN1Cc1ccccc1)NCCc1cn2ccccc2n1. The minimum absolute atomic E-state index is 0.513. The molecule has 0 aliphatic carbocycles. The Balaban J connectivity index is 1.30. The monoisotopic (exact) mass is 404 g/mol. The van der Waals surface area contributed by atoms with Crippen molar-refractivity contribution in [1.82, 2.24) is 24.9 Å². The molecule has 3 heterocycles. The molecule has 2 N–H and O–H groups in total. The zero-order valence-corrected chi connectivity index (χ0v) is 17.8. The molecule has 0 saturated carbocycles. The molecule has 158 valence electrons. The molecule has 0 bridgehead atoms. The molecule has 1 aliphatic rings. The molecule has 0 spiro atoms. The maximum Gasteiger partial charge on any atom is 0.191 e. The number of aliphatic imine (C=N–C) groups is 1. The predicted octanol–water partition coefficient (Wildman–Crippen LogP) is 3.10. The summed E-state index contributed by atoms with van der Waals surface area (Å²) in [6.45, 7) is 6.78. The third-order valence-corrected chi connectivity index (χ3v) is 5.62. The number of imidazole rings is 1. The number of aromatic nitrogens is 2. The Morgan fingerprint density at radius 1 is 1.13 bits per heavy atom. The summed E-state index contributed by atoms with van der Waals surface area (Å²) < 4.78 is 2.07. The van der Waals surface area contributed by atoms with Crippen LogP contribution >= 0.6 is 0 Å². The molecule has 1 atom stereocenters. The molecular weight excluding hydrogens is 372 g/mol. The fourth-order valence-electron chi connectivity index (χ4n) is 4.08. The number of fused-ring (bicyclic) bond motifs is 1. The molecule has 1 saturated heterocycles. The van der Waals surface area contributed by atoms with Gasteiger partial charge in [-0.1, -0.05) is 36.4 Å². The molecule has 3 aromatic rings. The van der Waals surface area contributed by atoms with Gasteiger partial charge in [0.1, 0.15) is 5.65 Å². The molecule has 0 amide bonds. The number of benzene rings is 1. The van der Waals surface area contributed by atoms with E-state index >= 15 is 0 Å². The maximum absolute atomic E-state index is 4.89. The van der Waals surface area contributed by atoms with Crippen LogP contribution in [0.15, 0.2) is 65.9 Å². The highest BCUT2D eigenvalue weighted by Gasteiger charge is 2.24. The lowest BCUT2D eigenvalue weighted by molar-refractivity contribution is 0.250. The average molecular weight is 405 g/mol. The van der Waals surface area contributed by atoms with Crippen LogP contribution < -0.4 is 10.6 Å². The second-order valence-corrected chi connectivity index (χ2v) is 7.85. The van der Waals surface area contributed by atoms with Crippen LogP contribution in [0.3, 0.4) is 0 Å². The van der Waals surface area contributed by atoms with E-state index in [9.17, 15) is 0 Å². The molecule has 1 unspecified atom stereocenters. The van der Waals surface area contributed by atoms with Crippen LogP contribution in [-0.4, -0.2) is 52.5 Å². The smallest absolute Gasteiger partial charge is 0.191 e. The summed E-state index contributed by atoms with van der Waals surface area (Å²) in [5.74, 6) is 0.896. The van der Waals surface area contributed by atoms with E-state index in [-0.39, 0.29) is 0 Å². The van der Waals surface area contributed by atoms with Crippen molar-refractivity contribution >= 4 is 11.6 Å². The van der Waals surface area contributed by atoms with Crippen molar-refractivity contribution < 1.29 is 0 Å². The molecule has 4 rings (SSSR count). The van der Waals surface area contributed by atoms with Gasteiger partial charge in [-0.3, -0.25) is 9.89 Å². The Morgan fingerprint density at radius 2 is 2.00 bits per heavy atom. The summed E-state index contributed by atoms with van der Waals surface area (Å²) in [6.07, 6.45) is 7.48. The van der Waals surface area contributed by atoms with Crippen LogP contribution in [-0.2, 0) is 13.0 Å². The lowest BCUT2D eigenvalue weighted by Gasteiger charge is -2.23. The van der Waals surface area contributed by atoms with Crippen LogP contribution in [0.25, 0.3) is 5.65 Å². The van der Waals surface area contributed by atoms with Crippen LogP contribution in [0.4, 0.5) is 0 Å². The van der Waals surface area contributed by atoms with Crippen LogP contribution in [0.1, 0.15) is 31.0 Å². The number of nitrogens with one attached hydrogen (secondary N) is 2. The van der Waals surface area contributed by atoms with Crippen molar-refractivity contribution in [2.45, 2.75) is 38.8 Å². The minimum atomic E-state index is 0.513. The summed E-state index contributed by atoms with van der Waals surface area (Å²) in [4.78, 5) is 12.1. The van der Waals surface area contributed by atoms with Gasteiger partial charge in [0.2, 0.25) is 0 Å². The zero-order chi connectivity index (χ0) is 20.6. The molecule has 6 nitrogen and oxygen atoms in total. The van der Waals surface area contributed by atoms with E-state index in [1.165, 1.54) is 18.4 Å². The summed E-state index contributed by atoms with van der Waals surface area (Å²) in [5.41, 5.74) is 3.47. The molecule has 1 fully saturated rings.